The van der Waals surface area contributed by atoms with Crippen LogP contribution in [0, 0.1) is 5.82 Å². The Morgan fingerprint density at radius 3 is 2.50 bits per heavy atom. The van der Waals surface area contributed by atoms with Crippen LogP contribution in [-0.2, 0) is 16.1 Å². The number of hydrogen-bond acceptors (Lipinski definition) is 3. The van der Waals surface area contributed by atoms with Gasteiger partial charge in [0.1, 0.15) is 17.6 Å². The van der Waals surface area contributed by atoms with Gasteiger partial charge in [0.2, 0.25) is 5.91 Å². The highest BCUT2D eigenvalue weighted by Crippen LogP contribution is 2.27. The Labute approximate surface area is 189 Å². The van der Waals surface area contributed by atoms with Crippen molar-refractivity contribution in [3.8, 4) is 5.75 Å². The minimum atomic E-state index is -0.833. The minimum Gasteiger partial charge on any atom is -0.482 e. The van der Waals surface area contributed by atoms with Gasteiger partial charge in [-0.25, -0.2) is 4.39 Å². The fourth-order valence-electron chi connectivity index (χ4n) is 2.68. The largest absolute Gasteiger partial charge is 0.482 e. The van der Waals surface area contributed by atoms with Gasteiger partial charge in [-0.2, -0.15) is 0 Å². The lowest BCUT2D eigenvalue weighted by atomic mass is 10.1. The van der Waals surface area contributed by atoms with Crippen LogP contribution >= 0.6 is 27.5 Å². The number of halogens is 3. The Kier molecular flexibility index (Phi) is 8.26. The van der Waals surface area contributed by atoms with Crippen LogP contribution in [-0.4, -0.2) is 34.9 Å². The monoisotopic (exact) mass is 498 g/mol. The molecular formula is C22H25BrClFN2O3. The first-order valence-corrected chi connectivity index (χ1v) is 10.6. The molecule has 0 saturated heterocycles. The van der Waals surface area contributed by atoms with Crippen molar-refractivity contribution < 1.29 is 18.7 Å². The third kappa shape index (κ3) is 6.99. The van der Waals surface area contributed by atoms with Crippen LogP contribution in [0.4, 0.5) is 4.39 Å². The second kappa shape index (κ2) is 10.3. The molecule has 0 unspecified atom stereocenters. The van der Waals surface area contributed by atoms with Gasteiger partial charge in [-0.05, 0) is 52.0 Å². The molecule has 0 spiro atoms. The summed E-state index contributed by atoms with van der Waals surface area (Å²) in [4.78, 5) is 26.9. The summed E-state index contributed by atoms with van der Waals surface area (Å²) in [6.07, 6.45) is 0. The van der Waals surface area contributed by atoms with Crippen molar-refractivity contribution in [3.63, 3.8) is 0 Å². The summed E-state index contributed by atoms with van der Waals surface area (Å²) in [7, 11) is 0. The standard InChI is InChI=1S/C22H25BrClFN2O3/c1-14(21(29)26-22(2,3)4)27(12-15-7-5-6-8-18(15)25)20(28)13-30-19-10-9-16(23)11-17(19)24/h5-11,14H,12-13H2,1-4H3,(H,26,29)/t14-/m1/s1. The van der Waals surface area contributed by atoms with E-state index < -0.39 is 23.3 Å². The highest BCUT2D eigenvalue weighted by Gasteiger charge is 2.29. The van der Waals surface area contributed by atoms with E-state index in [0.29, 0.717) is 16.3 Å². The highest BCUT2D eigenvalue weighted by atomic mass is 79.9. The summed E-state index contributed by atoms with van der Waals surface area (Å²) in [6, 6.07) is 10.3. The molecule has 1 atom stereocenters. The Hall–Kier alpha value is -2.12. The number of hydrogen-bond donors (Lipinski definition) is 1. The van der Waals surface area contributed by atoms with Gasteiger partial charge < -0.3 is 15.0 Å². The summed E-state index contributed by atoms with van der Waals surface area (Å²) >= 11 is 9.44. The van der Waals surface area contributed by atoms with Crippen molar-refractivity contribution in [2.45, 2.75) is 45.8 Å². The van der Waals surface area contributed by atoms with Gasteiger partial charge >= 0.3 is 0 Å². The van der Waals surface area contributed by atoms with Crippen molar-refractivity contribution in [1.29, 1.82) is 0 Å². The van der Waals surface area contributed by atoms with Crippen molar-refractivity contribution in [2.75, 3.05) is 6.61 Å². The summed E-state index contributed by atoms with van der Waals surface area (Å²) in [5.41, 5.74) is -0.164. The average molecular weight is 500 g/mol. The van der Waals surface area contributed by atoms with Crippen LogP contribution in [0.5, 0.6) is 5.75 Å². The summed E-state index contributed by atoms with van der Waals surface area (Å²) in [5.74, 6) is -0.913. The number of carbonyl (C=O) groups excluding carboxylic acids is 2. The number of nitrogens with zero attached hydrogens (tertiary/aromatic N) is 1. The molecule has 2 aromatic carbocycles. The molecule has 8 heteroatoms. The Balaban J connectivity index is 2.21. The molecule has 0 heterocycles. The van der Waals surface area contributed by atoms with E-state index in [0.717, 1.165) is 4.47 Å². The van der Waals surface area contributed by atoms with Crippen LogP contribution in [0.3, 0.4) is 0 Å². The maximum Gasteiger partial charge on any atom is 0.261 e. The van der Waals surface area contributed by atoms with Crippen molar-refractivity contribution in [2.24, 2.45) is 0 Å². The first kappa shape index (κ1) is 24.2. The Bertz CT molecular complexity index is 917. The lowest BCUT2D eigenvalue weighted by molar-refractivity contribution is -0.142. The molecule has 0 aromatic heterocycles. The fraction of sp³-hybridized carbons (Fsp3) is 0.364. The van der Waals surface area contributed by atoms with Gasteiger partial charge in [-0.15, -0.1) is 0 Å². The van der Waals surface area contributed by atoms with E-state index >= 15 is 0 Å². The molecule has 30 heavy (non-hydrogen) atoms. The zero-order valence-electron chi connectivity index (χ0n) is 17.3. The maximum atomic E-state index is 14.2. The molecule has 0 bridgehead atoms. The normalized spacial score (nSPS) is 12.2. The molecule has 162 valence electrons. The van der Waals surface area contributed by atoms with Gasteiger partial charge in [0.15, 0.2) is 6.61 Å². The van der Waals surface area contributed by atoms with Crippen LogP contribution in [0.25, 0.3) is 0 Å². The first-order chi connectivity index (χ1) is 14.0. The average Bonchev–Trinajstić information content (AvgIpc) is 2.64. The number of carbonyl (C=O) groups is 2. The Morgan fingerprint density at radius 1 is 1.23 bits per heavy atom. The molecule has 2 rings (SSSR count). The van der Waals surface area contributed by atoms with Gasteiger partial charge in [-0.3, -0.25) is 9.59 Å². The van der Waals surface area contributed by atoms with E-state index in [2.05, 4.69) is 21.2 Å². The number of ether oxygens (including phenoxy) is 1. The van der Waals surface area contributed by atoms with Crippen molar-refractivity contribution >= 4 is 39.3 Å². The van der Waals surface area contributed by atoms with E-state index in [1.54, 1.807) is 43.3 Å². The van der Waals surface area contributed by atoms with E-state index in [1.807, 2.05) is 20.8 Å². The molecule has 0 aliphatic carbocycles. The van der Waals surface area contributed by atoms with Crippen molar-refractivity contribution in [3.05, 3.63) is 63.3 Å². The van der Waals surface area contributed by atoms with Gasteiger partial charge in [0, 0.05) is 22.1 Å². The molecule has 2 aromatic rings. The predicted molar refractivity (Wildman–Crippen MR) is 119 cm³/mol. The highest BCUT2D eigenvalue weighted by molar-refractivity contribution is 9.10. The van der Waals surface area contributed by atoms with E-state index in [-0.39, 0.29) is 19.1 Å². The summed E-state index contributed by atoms with van der Waals surface area (Å²) < 4.78 is 20.5. The van der Waals surface area contributed by atoms with Gasteiger partial charge in [0.05, 0.1) is 5.02 Å². The van der Waals surface area contributed by atoms with E-state index in [9.17, 15) is 14.0 Å². The molecule has 0 saturated carbocycles. The smallest absolute Gasteiger partial charge is 0.261 e. The second-order valence-corrected chi connectivity index (χ2v) is 9.21. The SMILES string of the molecule is C[C@H](C(=O)NC(C)(C)C)N(Cc1ccccc1F)C(=O)COc1ccc(Br)cc1Cl. The molecule has 5 nitrogen and oxygen atoms in total. The third-order valence-electron chi connectivity index (χ3n) is 4.21. The van der Waals surface area contributed by atoms with Crippen LogP contribution in [0.1, 0.15) is 33.3 Å². The minimum absolute atomic E-state index is 0.0678. The molecule has 0 aliphatic rings. The zero-order valence-corrected chi connectivity index (χ0v) is 19.7. The van der Waals surface area contributed by atoms with Crippen molar-refractivity contribution in [1.82, 2.24) is 10.2 Å². The topological polar surface area (TPSA) is 58.6 Å². The fourth-order valence-corrected chi connectivity index (χ4v) is 3.41. The van der Waals surface area contributed by atoms with Gasteiger partial charge in [0.25, 0.3) is 5.91 Å². The zero-order chi connectivity index (χ0) is 22.5. The predicted octanol–water partition coefficient (Wildman–Crippen LogP) is 4.95. The summed E-state index contributed by atoms with van der Waals surface area (Å²) in [5, 5.41) is 3.19. The molecular weight excluding hydrogens is 475 g/mol. The first-order valence-electron chi connectivity index (χ1n) is 9.40. The van der Waals surface area contributed by atoms with Crippen LogP contribution < -0.4 is 10.1 Å². The second-order valence-electron chi connectivity index (χ2n) is 7.89. The Morgan fingerprint density at radius 2 is 1.90 bits per heavy atom. The number of nitrogens with one attached hydrogen (secondary N) is 1. The third-order valence-corrected chi connectivity index (χ3v) is 5.00. The number of amides is 2. The lowest BCUT2D eigenvalue weighted by Gasteiger charge is -2.31. The number of benzene rings is 2. The molecule has 0 radical (unpaired) electrons. The molecule has 0 aliphatic heterocycles. The molecule has 1 N–H and O–H groups in total. The quantitative estimate of drug-likeness (QED) is 0.586. The van der Waals surface area contributed by atoms with E-state index in [4.69, 9.17) is 16.3 Å². The lowest BCUT2D eigenvalue weighted by Crippen LogP contribution is -2.53. The molecule has 2 amide bonds. The molecule has 0 fully saturated rings. The summed E-state index contributed by atoms with van der Waals surface area (Å²) in [6.45, 7) is 6.73. The maximum absolute atomic E-state index is 14.2. The van der Waals surface area contributed by atoms with Gasteiger partial charge in [-0.1, -0.05) is 45.7 Å². The van der Waals surface area contributed by atoms with Crippen LogP contribution in [0.15, 0.2) is 46.9 Å². The van der Waals surface area contributed by atoms with Crippen LogP contribution in [0.2, 0.25) is 5.02 Å². The van der Waals surface area contributed by atoms with E-state index in [1.165, 1.54) is 11.0 Å². The number of rotatable bonds is 7.